The van der Waals surface area contributed by atoms with Gasteiger partial charge in [-0.15, -0.1) is 0 Å². The van der Waals surface area contributed by atoms with E-state index in [2.05, 4.69) is 5.32 Å². The van der Waals surface area contributed by atoms with Crippen LogP contribution in [0.1, 0.15) is 18.4 Å². The molecule has 3 nitrogen and oxygen atoms in total. The monoisotopic (exact) mass is 309 g/mol. The summed E-state index contributed by atoms with van der Waals surface area (Å²) in [6.07, 6.45) is -4.04. The number of hydrogen-bond acceptors (Lipinski definition) is 3. The van der Waals surface area contributed by atoms with Gasteiger partial charge in [-0.2, -0.15) is 13.2 Å². The number of nitrogens with one attached hydrogen (secondary N) is 1. The SMILES string of the molecule is COc1ccc(CNC2(C(F)(F)F)CC2)c(Cl)c1OC. The summed E-state index contributed by atoms with van der Waals surface area (Å²) in [5.74, 6) is 0.767. The van der Waals surface area contributed by atoms with E-state index >= 15 is 0 Å². The molecule has 2 rings (SSSR count). The third kappa shape index (κ3) is 2.67. The van der Waals surface area contributed by atoms with E-state index in [0.717, 1.165) is 0 Å². The van der Waals surface area contributed by atoms with Crippen molar-refractivity contribution in [3.63, 3.8) is 0 Å². The largest absolute Gasteiger partial charge is 0.493 e. The summed E-state index contributed by atoms with van der Waals surface area (Å²) in [5, 5.41) is 2.81. The smallest absolute Gasteiger partial charge is 0.406 e. The summed E-state index contributed by atoms with van der Waals surface area (Å²) >= 11 is 6.13. The second-order valence-corrected chi connectivity index (χ2v) is 5.09. The summed E-state index contributed by atoms with van der Waals surface area (Å²) in [6.45, 7) is 0.0265. The molecule has 1 N–H and O–H groups in total. The Bertz CT molecular complexity index is 501. The molecule has 1 aromatic rings. The van der Waals surface area contributed by atoms with Gasteiger partial charge in [0.05, 0.1) is 19.2 Å². The Morgan fingerprint density at radius 2 is 1.90 bits per heavy atom. The van der Waals surface area contributed by atoms with E-state index in [9.17, 15) is 13.2 Å². The first kappa shape index (κ1) is 15.3. The van der Waals surface area contributed by atoms with Crippen molar-refractivity contribution in [3.8, 4) is 11.5 Å². The zero-order valence-corrected chi connectivity index (χ0v) is 11.9. The standard InChI is InChI=1S/C13H15ClF3NO2/c1-19-9-4-3-8(10(14)11(9)20-2)7-18-12(5-6-12)13(15,16)17/h3-4,18H,5-7H2,1-2H3. The highest BCUT2D eigenvalue weighted by Crippen LogP contribution is 2.49. The molecule has 0 unspecified atom stereocenters. The Hall–Kier alpha value is -1.14. The summed E-state index contributed by atoms with van der Waals surface area (Å²) < 4.78 is 48.7. The van der Waals surface area contributed by atoms with E-state index < -0.39 is 11.7 Å². The molecule has 0 heterocycles. The van der Waals surface area contributed by atoms with Crippen molar-refractivity contribution in [2.45, 2.75) is 31.1 Å². The maximum Gasteiger partial charge on any atom is 0.406 e. The fourth-order valence-electron chi connectivity index (χ4n) is 2.02. The molecule has 1 saturated carbocycles. The third-order valence-electron chi connectivity index (χ3n) is 3.47. The lowest BCUT2D eigenvalue weighted by Crippen LogP contribution is -2.44. The zero-order valence-electron chi connectivity index (χ0n) is 11.1. The van der Waals surface area contributed by atoms with Gasteiger partial charge >= 0.3 is 6.18 Å². The average Bonchev–Trinajstić information content (AvgIpc) is 3.17. The number of methoxy groups -OCH3 is 2. The van der Waals surface area contributed by atoms with Crippen LogP contribution in [0.5, 0.6) is 11.5 Å². The minimum absolute atomic E-state index is 0.0265. The van der Waals surface area contributed by atoms with E-state index in [4.69, 9.17) is 21.1 Å². The first-order valence-corrected chi connectivity index (χ1v) is 6.43. The van der Waals surface area contributed by atoms with E-state index in [-0.39, 0.29) is 24.4 Å². The highest BCUT2D eigenvalue weighted by molar-refractivity contribution is 6.33. The Labute approximate surface area is 120 Å². The van der Waals surface area contributed by atoms with Crippen LogP contribution >= 0.6 is 11.6 Å². The number of ether oxygens (including phenoxy) is 2. The molecule has 0 aliphatic heterocycles. The second kappa shape index (κ2) is 5.33. The molecule has 0 amide bonds. The number of hydrogen-bond donors (Lipinski definition) is 1. The Kier molecular flexibility index (Phi) is 4.07. The molecule has 1 aliphatic carbocycles. The molecule has 1 aromatic carbocycles. The Morgan fingerprint density at radius 3 is 2.35 bits per heavy atom. The van der Waals surface area contributed by atoms with Crippen molar-refractivity contribution in [2.75, 3.05) is 14.2 Å². The molecule has 112 valence electrons. The minimum Gasteiger partial charge on any atom is -0.493 e. The summed E-state index contributed by atoms with van der Waals surface area (Å²) in [6, 6.07) is 3.25. The highest BCUT2D eigenvalue weighted by atomic mass is 35.5. The maximum absolute atomic E-state index is 12.8. The van der Waals surface area contributed by atoms with Gasteiger partial charge in [-0.1, -0.05) is 17.7 Å². The van der Waals surface area contributed by atoms with Crippen LogP contribution in [0, 0.1) is 0 Å². The molecular weight excluding hydrogens is 295 g/mol. The van der Waals surface area contributed by atoms with Crippen molar-refractivity contribution >= 4 is 11.6 Å². The van der Waals surface area contributed by atoms with E-state index in [1.54, 1.807) is 12.1 Å². The first-order valence-electron chi connectivity index (χ1n) is 6.06. The Morgan fingerprint density at radius 1 is 1.25 bits per heavy atom. The van der Waals surface area contributed by atoms with Gasteiger partial charge in [0.15, 0.2) is 11.5 Å². The van der Waals surface area contributed by atoms with Crippen LogP contribution < -0.4 is 14.8 Å². The molecule has 0 atom stereocenters. The zero-order chi connectivity index (χ0) is 15.0. The third-order valence-corrected chi connectivity index (χ3v) is 3.89. The topological polar surface area (TPSA) is 30.5 Å². The molecule has 0 radical (unpaired) electrons. The normalized spacial score (nSPS) is 16.9. The van der Waals surface area contributed by atoms with E-state index in [1.807, 2.05) is 0 Å². The molecule has 0 aromatic heterocycles. The van der Waals surface area contributed by atoms with Crippen molar-refractivity contribution in [1.29, 1.82) is 0 Å². The first-order chi connectivity index (χ1) is 9.34. The molecule has 0 bridgehead atoms. The molecule has 0 spiro atoms. The van der Waals surface area contributed by atoms with Crippen LogP contribution in [-0.4, -0.2) is 25.9 Å². The van der Waals surface area contributed by atoms with Crippen molar-refractivity contribution in [3.05, 3.63) is 22.7 Å². The van der Waals surface area contributed by atoms with Crippen LogP contribution in [-0.2, 0) is 6.54 Å². The van der Waals surface area contributed by atoms with Crippen LogP contribution in [0.25, 0.3) is 0 Å². The number of alkyl halides is 3. The number of benzene rings is 1. The van der Waals surface area contributed by atoms with Crippen molar-refractivity contribution in [1.82, 2.24) is 5.32 Å². The average molecular weight is 310 g/mol. The highest BCUT2D eigenvalue weighted by Gasteiger charge is 2.62. The van der Waals surface area contributed by atoms with Crippen LogP contribution in [0.15, 0.2) is 12.1 Å². The molecule has 20 heavy (non-hydrogen) atoms. The van der Waals surface area contributed by atoms with E-state index in [1.165, 1.54) is 14.2 Å². The molecule has 1 aliphatic rings. The molecule has 1 fully saturated rings. The number of halogens is 4. The Balaban J connectivity index is 2.15. The van der Waals surface area contributed by atoms with Gasteiger partial charge in [0, 0.05) is 6.54 Å². The van der Waals surface area contributed by atoms with Gasteiger partial charge < -0.3 is 9.47 Å². The van der Waals surface area contributed by atoms with Gasteiger partial charge in [-0.25, -0.2) is 0 Å². The fourth-order valence-corrected chi connectivity index (χ4v) is 2.32. The van der Waals surface area contributed by atoms with Crippen LogP contribution in [0.3, 0.4) is 0 Å². The van der Waals surface area contributed by atoms with Crippen molar-refractivity contribution in [2.24, 2.45) is 0 Å². The summed E-state index contributed by atoms with van der Waals surface area (Å²) in [4.78, 5) is 0. The van der Waals surface area contributed by atoms with Crippen molar-refractivity contribution < 1.29 is 22.6 Å². The predicted octanol–water partition coefficient (Wildman–Crippen LogP) is 3.54. The fraction of sp³-hybridized carbons (Fsp3) is 0.538. The molecular formula is C13H15ClF3NO2. The molecule has 7 heteroatoms. The van der Waals surface area contributed by atoms with Gasteiger partial charge in [-0.05, 0) is 24.5 Å². The molecule has 0 saturated heterocycles. The van der Waals surface area contributed by atoms with Gasteiger partial charge in [0.2, 0.25) is 0 Å². The minimum atomic E-state index is -4.24. The summed E-state index contributed by atoms with van der Waals surface area (Å²) in [7, 11) is 2.90. The summed E-state index contributed by atoms with van der Waals surface area (Å²) in [5.41, 5.74) is -1.22. The lowest BCUT2D eigenvalue weighted by molar-refractivity contribution is -0.166. The van der Waals surface area contributed by atoms with Gasteiger partial charge in [0.1, 0.15) is 5.54 Å². The van der Waals surface area contributed by atoms with E-state index in [0.29, 0.717) is 17.1 Å². The van der Waals surface area contributed by atoms with Crippen LogP contribution in [0.2, 0.25) is 5.02 Å². The van der Waals surface area contributed by atoms with Crippen LogP contribution in [0.4, 0.5) is 13.2 Å². The lowest BCUT2D eigenvalue weighted by atomic mass is 10.1. The quantitative estimate of drug-likeness (QED) is 0.902. The maximum atomic E-state index is 12.8. The van der Waals surface area contributed by atoms with Gasteiger partial charge in [0.25, 0.3) is 0 Å². The van der Waals surface area contributed by atoms with Gasteiger partial charge in [-0.3, -0.25) is 5.32 Å². The second-order valence-electron chi connectivity index (χ2n) is 4.71. The number of rotatable bonds is 5. The lowest BCUT2D eigenvalue weighted by Gasteiger charge is -2.21. The predicted molar refractivity (Wildman–Crippen MR) is 69.4 cm³/mol.